The first kappa shape index (κ1) is 12.3. The summed E-state index contributed by atoms with van der Waals surface area (Å²) in [7, 11) is 0. The van der Waals surface area contributed by atoms with Crippen LogP contribution < -0.4 is 0 Å². The average Bonchev–Trinajstić information content (AvgIpc) is 3.08. The van der Waals surface area contributed by atoms with Crippen molar-refractivity contribution in [1.82, 2.24) is 19.4 Å². The second-order valence-electron chi connectivity index (χ2n) is 5.44. The van der Waals surface area contributed by atoms with Crippen molar-refractivity contribution in [2.24, 2.45) is 0 Å². The molecule has 0 fully saturated rings. The molecule has 0 N–H and O–H groups in total. The minimum absolute atomic E-state index is 0.880. The molecule has 4 heterocycles. The summed E-state index contributed by atoms with van der Waals surface area (Å²) in [5.41, 5.74) is 4.86. The van der Waals surface area contributed by atoms with E-state index in [1.54, 1.807) is 0 Å². The third-order valence-corrected chi connectivity index (χ3v) is 4.13. The molecule has 0 radical (unpaired) electrons. The maximum Gasteiger partial charge on any atom is 0.148 e. The first-order valence-electron chi connectivity index (χ1n) is 7.48. The first-order chi connectivity index (χ1) is 11.4. The number of pyridine rings is 3. The van der Waals surface area contributed by atoms with Gasteiger partial charge in [0, 0.05) is 28.7 Å². The highest BCUT2D eigenvalue weighted by Gasteiger charge is 2.14. The molecule has 0 aliphatic heterocycles. The van der Waals surface area contributed by atoms with Gasteiger partial charge in [-0.2, -0.15) is 0 Å². The van der Waals surface area contributed by atoms with Crippen LogP contribution in [0.25, 0.3) is 38.8 Å². The van der Waals surface area contributed by atoms with Crippen LogP contribution in [0.5, 0.6) is 0 Å². The molecule has 108 valence electrons. The van der Waals surface area contributed by atoms with Crippen molar-refractivity contribution in [3.8, 4) is 11.3 Å². The molecule has 23 heavy (non-hydrogen) atoms. The number of rotatable bonds is 1. The van der Waals surface area contributed by atoms with Gasteiger partial charge < -0.3 is 0 Å². The second kappa shape index (κ2) is 4.61. The molecule has 5 aromatic rings. The van der Waals surface area contributed by atoms with Crippen molar-refractivity contribution < 1.29 is 0 Å². The Bertz CT molecular complexity index is 1160. The second-order valence-corrected chi connectivity index (χ2v) is 5.44. The van der Waals surface area contributed by atoms with Gasteiger partial charge in [0.05, 0.1) is 17.4 Å². The molecule has 4 nitrogen and oxygen atoms in total. The van der Waals surface area contributed by atoms with Crippen molar-refractivity contribution in [3.63, 3.8) is 0 Å². The number of benzene rings is 1. The maximum absolute atomic E-state index is 4.66. The fourth-order valence-corrected chi connectivity index (χ4v) is 3.13. The van der Waals surface area contributed by atoms with Gasteiger partial charge in [-0.05, 0) is 24.3 Å². The molecular formula is C19H12N4. The Balaban J connectivity index is 2.06. The summed E-state index contributed by atoms with van der Waals surface area (Å²) in [6.45, 7) is 0. The first-order valence-corrected chi connectivity index (χ1v) is 7.48. The Hall–Kier alpha value is -3.27. The van der Waals surface area contributed by atoms with E-state index in [0.717, 1.165) is 38.8 Å². The summed E-state index contributed by atoms with van der Waals surface area (Å²) in [4.78, 5) is 13.8. The quantitative estimate of drug-likeness (QED) is 0.437. The van der Waals surface area contributed by atoms with Crippen molar-refractivity contribution in [2.75, 3.05) is 0 Å². The fraction of sp³-hybridized carbons (Fsp3) is 0. The Morgan fingerprint density at radius 3 is 2.13 bits per heavy atom. The molecule has 1 aromatic carbocycles. The van der Waals surface area contributed by atoms with Crippen molar-refractivity contribution in [1.29, 1.82) is 0 Å². The third kappa shape index (κ3) is 1.69. The minimum Gasteiger partial charge on any atom is -0.276 e. The molecule has 0 atom stereocenters. The molecule has 0 aliphatic rings. The zero-order chi connectivity index (χ0) is 15.2. The van der Waals surface area contributed by atoms with Gasteiger partial charge in [-0.25, -0.2) is 9.97 Å². The average molecular weight is 296 g/mol. The van der Waals surface area contributed by atoms with Gasteiger partial charge in [-0.15, -0.1) is 0 Å². The SMILES string of the molecule is c1ccc(-c2cnc3c4cccnc4c4cccnc4n23)cc1. The van der Waals surface area contributed by atoms with E-state index in [-0.39, 0.29) is 0 Å². The van der Waals surface area contributed by atoms with Gasteiger partial charge in [-0.1, -0.05) is 30.3 Å². The number of hydrogen-bond donors (Lipinski definition) is 0. The lowest BCUT2D eigenvalue weighted by atomic mass is 10.1. The largest absolute Gasteiger partial charge is 0.276 e. The summed E-state index contributed by atoms with van der Waals surface area (Å²) in [5.74, 6) is 0. The zero-order valence-electron chi connectivity index (χ0n) is 12.2. The highest BCUT2D eigenvalue weighted by atomic mass is 15.1. The van der Waals surface area contributed by atoms with Crippen molar-refractivity contribution in [2.45, 2.75) is 0 Å². The van der Waals surface area contributed by atoms with Gasteiger partial charge in [0.25, 0.3) is 0 Å². The maximum atomic E-state index is 4.66. The van der Waals surface area contributed by atoms with Gasteiger partial charge in [0.1, 0.15) is 11.3 Å². The highest BCUT2D eigenvalue weighted by molar-refractivity contribution is 6.09. The van der Waals surface area contributed by atoms with Crippen LogP contribution in [0.3, 0.4) is 0 Å². The predicted octanol–water partition coefficient (Wildman–Crippen LogP) is 4.10. The smallest absolute Gasteiger partial charge is 0.148 e. The summed E-state index contributed by atoms with van der Waals surface area (Å²) < 4.78 is 2.12. The summed E-state index contributed by atoms with van der Waals surface area (Å²) in [6, 6.07) is 18.3. The van der Waals surface area contributed by atoms with E-state index in [1.165, 1.54) is 0 Å². The van der Waals surface area contributed by atoms with Crippen LogP contribution in [-0.2, 0) is 0 Å². The monoisotopic (exact) mass is 296 g/mol. The lowest BCUT2D eigenvalue weighted by Gasteiger charge is -2.09. The molecule has 0 bridgehead atoms. The topological polar surface area (TPSA) is 43.1 Å². The van der Waals surface area contributed by atoms with E-state index in [1.807, 2.05) is 48.9 Å². The Labute approximate surface area is 132 Å². The Kier molecular flexibility index (Phi) is 2.46. The number of aromatic nitrogens is 4. The van der Waals surface area contributed by atoms with Crippen LogP contribution >= 0.6 is 0 Å². The lowest BCUT2D eigenvalue weighted by Crippen LogP contribution is -1.96. The number of nitrogens with zero attached hydrogens (tertiary/aromatic N) is 4. The van der Waals surface area contributed by atoms with Crippen LogP contribution in [0.2, 0.25) is 0 Å². The molecule has 5 rings (SSSR count). The molecular weight excluding hydrogens is 284 g/mol. The molecule has 0 aliphatic carbocycles. The molecule has 0 amide bonds. The van der Waals surface area contributed by atoms with Crippen LogP contribution in [0.15, 0.2) is 73.2 Å². The standard InChI is InChI=1S/C19H12N4/c1-2-6-13(7-3-1)16-12-22-19-15-8-4-10-20-17(15)14-9-5-11-21-18(14)23(16)19/h1-12H. The highest BCUT2D eigenvalue weighted by Crippen LogP contribution is 2.30. The lowest BCUT2D eigenvalue weighted by molar-refractivity contribution is 1.20. The van der Waals surface area contributed by atoms with Crippen LogP contribution in [0.1, 0.15) is 0 Å². The Morgan fingerprint density at radius 2 is 1.35 bits per heavy atom. The fourth-order valence-electron chi connectivity index (χ4n) is 3.13. The summed E-state index contributed by atoms with van der Waals surface area (Å²) >= 11 is 0. The van der Waals surface area contributed by atoms with E-state index in [2.05, 4.69) is 43.6 Å². The van der Waals surface area contributed by atoms with Gasteiger partial charge >= 0.3 is 0 Å². The Morgan fingerprint density at radius 1 is 0.652 bits per heavy atom. The van der Waals surface area contributed by atoms with E-state index >= 15 is 0 Å². The van der Waals surface area contributed by atoms with Crippen LogP contribution in [0.4, 0.5) is 0 Å². The number of imidazole rings is 1. The minimum atomic E-state index is 0.880. The summed E-state index contributed by atoms with van der Waals surface area (Å²) in [5, 5.41) is 2.07. The van der Waals surface area contributed by atoms with Crippen LogP contribution in [-0.4, -0.2) is 19.4 Å². The zero-order valence-corrected chi connectivity index (χ0v) is 12.2. The van der Waals surface area contributed by atoms with E-state index in [0.29, 0.717) is 0 Å². The molecule has 0 saturated heterocycles. The molecule has 0 spiro atoms. The van der Waals surface area contributed by atoms with Crippen molar-refractivity contribution >= 4 is 27.6 Å². The van der Waals surface area contributed by atoms with Gasteiger partial charge in [-0.3, -0.25) is 9.38 Å². The molecule has 4 heteroatoms. The van der Waals surface area contributed by atoms with Crippen LogP contribution in [0, 0.1) is 0 Å². The normalized spacial score (nSPS) is 11.5. The van der Waals surface area contributed by atoms with E-state index in [9.17, 15) is 0 Å². The van der Waals surface area contributed by atoms with E-state index in [4.69, 9.17) is 0 Å². The molecule has 4 aromatic heterocycles. The van der Waals surface area contributed by atoms with Crippen molar-refractivity contribution in [3.05, 3.63) is 73.2 Å². The molecule has 0 saturated carbocycles. The number of fused-ring (bicyclic) bond motifs is 6. The van der Waals surface area contributed by atoms with Gasteiger partial charge in [0.15, 0.2) is 0 Å². The van der Waals surface area contributed by atoms with Gasteiger partial charge in [0.2, 0.25) is 0 Å². The van der Waals surface area contributed by atoms with E-state index < -0.39 is 0 Å². The molecule has 0 unspecified atom stereocenters. The number of hydrogen-bond acceptors (Lipinski definition) is 3. The summed E-state index contributed by atoms with van der Waals surface area (Å²) in [6.07, 6.45) is 5.53. The third-order valence-electron chi connectivity index (χ3n) is 4.13. The predicted molar refractivity (Wildman–Crippen MR) is 91.2 cm³/mol.